The first kappa shape index (κ1) is 21.2. The zero-order chi connectivity index (χ0) is 18.7. The van der Waals surface area contributed by atoms with Gasteiger partial charge in [-0.3, -0.25) is 10.1 Å². The first-order chi connectivity index (χ1) is 12.4. The molecule has 0 radical (unpaired) electrons. The van der Waals surface area contributed by atoms with Gasteiger partial charge in [-0.05, 0) is 57.8 Å². The molecule has 0 saturated carbocycles. The Labute approximate surface area is 166 Å². The maximum Gasteiger partial charge on any atom is 0.264 e. The van der Waals surface area contributed by atoms with E-state index in [4.69, 9.17) is 4.74 Å². The van der Waals surface area contributed by atoms with Crippen LogP contribution in [-0.2, 0) is 11.8 Å². The van der Waals surface area contributed by atoms with Gasteiger partial charge in [-0.1, -0.05) is 17.7 Å². The summed E-state index contributed by atoms with van der Waals surface area (Å²) in [4.78, 5) is 16.8. The number of aromatic nitrogens is 3. The predicted octanol–water partition coefficient (Wildman–Crippen LogP) is 2.65. The van der Waals surface area contributed by atoms with E-state index in [9.17, 15) is 4.79 Å². The lowest BCUT2D eigenvalue weighted by Gasteiger charge is -2.19. The molecule has 2 aromatic rings. The second-order valence-electron chi connectivity index (χ2n) is 7.01. The Bertz CT molecular complexity index is 776. The van der Waals surface area contributed by atoms with Crippen molar-refractivity contribution in [1.29, 1.82) is 0 Å². The minimum Gasteiger partial charge on any atom is -0.483 e. The number of halogens is 1. The van der Waals surface area contributed by atoms with E-state index in [0.29, 0.717) is 11.9 Å². The Morgan fingerprint density at radius 3 is 2.52 bits per heavy atom. The average Bonchev–Trinajstić information content (AvgIpc) is 2.95. The van der Waals surface area contributed by atoms with Crippen molar-refractivity contribution in [3.05, 3.63) is 34.6 Å². The van der Waals surface area contributed by atoms with E-state index in [1.165, 1.54) is 5.56 Å². The Morgan fingerprint density at radius 1 is 1.26 bits per heavy atom. The normalized spacial score (nSPS) is 14.5. The van der Waals surface area contributed by atoms with Gasteiger partial charge in [0.2, 0.25) is 5.95 Å². The third-order valence-corrected chi connectivity index (χ3v) is 4.69. The lowest BCUT2D eigenvalue weighted by atomic mass is 9.98. The molecule has 1 aromatic carbocycles. The molecule has 8 heteroatoms. The number of carbonyl (C=O) groups excluding carboxylic acids is 1. The van der Waals surface area contributed by atoms with E-state index in [1.54, 1.807) is 11.7 Å². The number of piperidine rings is 1. The zero-order valence-corrected chi connectivity index (χ0v) is 17.2. The van der Waals surface area contributed by atoms with Crippen LogP contribution in [0.2, 0.25) is 0 Å². The number of benzene rings is 1. The van der Waals surface area contributed by atoms with Crippen molar-refractivity contribution in [3.8, 4) is 5.75 Å². The minimum atomic E-state index is -0.239. The van der Waals surface area contributed by atoms with Crippen LogP contribution >= 0.6 is 12.4 Å². The van der Waals surface area contributed by atoms with Crippen LogP contribution in [0.4, 0.5) is 5.95 Å². The maximum absolute atomic E-state index is 12.3. The Balaban J connectivity index is 0.00000261. The molecule has 0 aliphatic carbocycles. The largest absolute Gasteiger partial charge is 0.483 e. The first-order valence-corrected chi connectivity index (χ1v) is 9.06. The van der Waals surface area contributed by atoms with Gasteiger partial charge >= 0.3 is 0 Å². The van der Waals surface area contributed by atoms with E-state index < -0.39 is 0 Å². The molecule has 2 N–H and O–H groups in total. The van der Waals surface area contributed by atoms with Crippen LogP contribution in [0.15, 0.2) is 12.1 Å². The highest BCUT2D eigenvalue weighted by atomic mass is 35.5. The van der Waals surface area contributed by atoms with Gasteiger partial charge in [-0.15, -0.1) is 12.4 Å². The second kappa shape index (κ2) is 9.19. The van der Waals surface area contributed by atoms with Gasteiger partial charge in [0.15, 0.2) is 12.4 Å². The van der Waals surface area contributed by atoms with Crippen LogP contribution in [0.1, 0.15) is 41.3 Å². The minimum absolute atomic E-state index is 0. The third-order valence-electron chi connectivity index (χ3n) is 4.69. The van der Waals surface area contributed by atoms with Crippen molar-refractivity contribution >= 4 is 24.3 Å². The third kappa shape index (κ3) is 5.20. The van der Waals surface area contributed by atoms with Gasteiger partial charge in [-0.2, -0.15) is 10.1 Å². The lowest BCUT2D eigenvalue weighted by Crippen LogP contribution is -2.27. The van der Waals surface area contributed by atoms with Crippen molar-refractivity contribution in [2.24, 2.45) is 7.05 Å². The fraction of sp³-hybridized carbons (Fsp3) is 0.526. The van der Waals surface area contributed by atoms with Crippen LogP contribution in [-0.4, -0.2) is 40.4 Å². The highest BCUT2D eigenvalue weighted by molar-refractivity contribution is 5.90. The maximum atomic E-state index is 12.3. The summed E-state index contributed by atoms with van der Waals surface area (Å²) in [6, 6.07) is 4.10. The number of anilines is 1. The molecule has 0 unspecified atom stereocenters. The molecule has 1 fully saturated rings. The van der Waals surface area contributed by atoms with E-state index in [0.717, 1.165) is 48.6 Å². The van der Waals surface area contributed by atoms with Gasteiger partial charge in [0, 0.05) is 13.0 Å². The molecule has 0 spiro atoms. The summed E-state index contributed by atoms with van der Waals surface area (Å²) in [5.41, 5.74) is 3.24. The van der Waals surface area contributed by atoms with Gasteiger partial charge in [0.1, 0.15) is 5.75 Å². The van der Waals surface area contributed by atoms with Crippen LogP contribution < -0.4 is 15.4 Å². The molecule has 2 heterocycles. The molecule has 1 saturated heterocycles. The predicted molar refractivity (Wildman–Crippen MR) is 108 cm³/mol. The van der Waals surface area contributed by atoms with Crippen LogP contribution in [0.25, 0.3) is 0 Å². The number of nitrogens with one attached hydrogen (secondary N) is 2. The first-order valence-electron chi connectivity index (χ1n) is 9.06. The summed E-state index contributed by atoms with van der Waals surface area (Å²) in [5.74, 6) is 2.14. The summed E-state index contributed by atoms with van der Waals surface area (Å²) < 4.78 is 7.36. The van der Waals surface area contributed by atoms with Crippen molar-refractivity contribution in [1.82, 2.24) is 20.1 Å². The number of nitrogens with zero attached hydrogens (tertiary/aromatic N) is 3. The number of hydrogen-bond acceptors (Lipinski definition) is 5. The van der Waals surface area contributed by atoms with E-state index in [-0.39, 0.29) is 24.9 Å². The summed E-state index contributed by atoms with van der Waals surface area (Å²) in [6.07, 6.45) is 2.04. The van der Waals surface area contributed by atoms with E-state index >= 15 is 0 Å². The van der Waals surface area contributed by atoms with E-state index in [1.807, 2.05) is 32.9 Å². The van der Waals surface area contributed by atoms with Crippen LogP contribution in [0, 0.1) is 20.8 Å². The molecular weight excluding hydrogens is 366 g/mol. The average molecular weight is 394 g/mol. The number of amides is 1. The SMILES string of the molecule is Cc1cc(C)c(OCC(=O)Nc2nc(C3CCNCC3)nn2C)c(C)c1.Cl. The molecule has 0 atom stereocenters. The Kier molecular flexibility index (Phi) is 7.21. The fourth-order valence-corrected chi connectivity index (χ4v) is 3.46. The molecule has 148 valence electrons. The second-order valence-corrected chi connectivity index (χ2v) is 7.01. The summed E-state index contributed by atoms with van der Waals surface area (Å²) in [5, 5.41) is 10.6. The topological polar surface area (TPSA) is 81.1 Å². The quantitative estimate of drug-likeness (QED) is 0.816. The number of carbonyl (C=O) groups is 1. The van der Waals surface area contributed by atoms with Gasteiger partial charge in [0.25, 0.3) is 5.91 Å². The van der Waals surface area contributed by atoms with Gasteiger partial charge in [-0.25, -0.2) is 4.68 Å². The molecule has 3 rings (SSSR count). The molecule has 0 bridgehead atoms. The fourth-order valence-electron chi connectivity index (χ4n) is 3.46. The molecule has 7 nitrogen and oxygen atoms in total. The Morgan fingerprint density at radius 2 is 1.89 bits per heavy atom. The molecule has 27 heavy (non-hydrogen) atoms. The molecular formula is C19H28ClN5O2. The van der Waals surface area contributed by atoms with Crippen molar-refractivity contribution in [3.63, 3.8) is 0 Å². The molecule has 1 aliphatic heterocycles. The number of ether oxygens (including phenoxy) is 1. The number of aryl methyl sites for hydroxylation is 4. The van der Waals surface area contributed by atoms with Gasteiger partial charge in [0.05, 0.1) is 0 Å². The zero-order valence-electron chi connectivity index (χ0n) is 16.3. The van der Waals surface area contributed by atoms with Crippen molar-refractivity contribution in [2.75, 3.05) is 25.0 Å². The Hall–Kier alpha value is -2.12. The molecule has 1 amide bonds. The van der Waals surface area contributed by atoms with Crippen LogP contribution in [0.5, 0.6) is 5.75 Å². The smallest absolute Gasteiger partial charge is 0.264 e. The number of rotatable bonds is 5. The monoisotopic (exact) mass is 393 g/mol. The van der Waals surface area contributed by atoms with Gasteiger partial charge < -0.3 is 10.1 Å². The molecule has 1 aliphatic rings. The standard InChI is InChI=1S/C19H27N5O2.ClH/c1-12-9-13(2)17(14(3)10-12)26-11-16(25)21-19-22-18(23-24(19)4)15-5-7-20-8-6-15;/h9-10,15,20H,5-8,11H2,1-4H3,(H,21,22,23,25);1H. The number of hydrogen-bond donors (Lipinski definition) is 2. The van der Waals surface area contributed by atoms with Crippen molar-refractivity contribution in [2.45, 2.75) is 39.5 Å². The van der Waals surface area contributed by atoms with Crippen molar-refractivity contribution < 1.29 is 9.53 Å². The highest BCUT2D eigenvalue weighted by Crippen LogP contribution is 2.25. The van der Waals surface area contributed by atoms with Crippen LogP contribution in [0.3, 0.4) is 0 Å². The highest BCUT2D eigenvalue weighted by Gasteiger charge is 2.21. The lowest BCUT2D eigenvalue weighted by molar-refractivity contribution is -0.118. The summed E-state index contributed by atoms with van der Waals surface area (Å²) >= 11 is 0. The van der Waals surface area contributed by atoms with E-state index in [2.05, 4.69) is 20.7 Å². The summed E-state index contributed by atoms with van der Waals surface area (Å²) in [7, 11) is 1.79. The summed E-state index contributed by atoms with van der Waals surface area (Å²) in [6.45, 7) is 7.93. The molecule has 1 aromatic heterocycles.